The summed E-state index contributed by atoms with van der Waals surface area (Å²) in [6.07, 6.45) is -2.09. The molecule has 0 fully saturated rings. The summed E-state index contributed by atoms with van der Waals surface area (Å²) < 4.78 is 53.3. The van der Waals surface area contributed by atoms with Crippen molar-refractivity contribution in [2.75, 3.05) is 17.2 Å². The molecule has 0 radical (unpaired) electrons. The lowest BCUT2D eigenvalue weighted by Gasteiger charge is -2.15. The summed E-state index contributed by atoms with van der Waals surface area (Å²) in [5.74, 6) is -1.18. The highest BCUT2D eigenvalue weighted by molar-refractivity contribution is 6.33. The summed E-state index contributed by atoms with van der Waals surface area (Å²) in [4.78, 5) is 16.0. The van der Waals surface area contributed by atoms with Crippen LogP contribution in [0.25, 0.3) is 5.69 Å². The first-order valence-electron chi connectivity index (χ1n) is 7.79. The van der Waals surface area contributed by atoms with Crippen LogP contribution in [0.4, 0.5) is 28.9 Å². The predicted molar refractivity (Wildman–Crippen MR) is 94.9 cm³/mol. The maximum atomic E-state index is 13.1. The van der Waals surface area contributed by atoms with Crippen LogP contribution in [0.1, 0.15) is 5.56 Å². The van der Waals surface area contributed by atoms with E-state index in [2.05, 4.69) is 20.7 Å². The van der Waals surface area contributed by atoms with Gasteiger partial charge in [-0.2, -0.15) is 18.3 Å². The Morgan fingerprint density at radius 3 is 2.57 bits per heavy atom. The highest BCUT2D eigenvalue weighted by atomic mass is 35.5. The molecule has 1 amide bonds. The number of aromatic nitrogens is 3. The number of hydrogen-bond acceptors (Lipinski definition) is 4. The van der Waals surface area contributed by atoms with Gasteiger partial charge in [-0.05, 0) is 36.4 Å². The van der Waals surface area contributed by atoms with E-state index in [1.54, 1.807) is 0 Å². The molecule has 6 nitrogen and oxygen atoms in total. The van der Waals surface area contributed by atoms with E-state index in [9.17, 15) is 22.4 Å². The molecule has 3 rings (SSSR count). The number of benzene rings is 2. The Hall–Kier alpha value is -3.14. The van der Waals surface area contributed by atoms with E-state index in [4.69, 9.17) is 11.6 Å². The van der Waals surface area contributed by atoms with Gasteiger partial charge in [-0.1, -0.05) is 11.6 Å². The van der Waals surface area contributed by atoms with Crippen LogP contribution < -0.4 is 10.6 Å². The lowest BCUT2D eigenvalue weighted by molar-refractivity contribution is -0.137. The van der Waals surface area contributed by atoms with E-state index in [0.717, 1.165) is 24.3 Å². The molecule has 11 heteroatoms. The minimum Gasteiger partial charge on any atom is -0.375 e. The molecule has 0 unspecified atom stereocenters. The van der Waals surface area contributed by atoms with Crippen LogP contribution in [0.2, 0.25) is 5.02 Å². The first-order chi connectivity index (χ1) is 13.2. The first-order valence-corrected chi connectivity index (χ1v) is 8.17. The molecular formula is C17H12ClF4N5O. The van der Waals surface area contributed by atoms with E-state index < -0.39 is 23.5 Å². The van der Waals surface area contributed by atoms with Gasteiger partial charge in [0.25, 0.3) is 0 Å². The Balaban J connectivity index is 1.80. The SMILES string of the molecule is O=C(CNc1ccc(F)cc1Cl)Nc1cc(C(F)(F)F)ccc1-n1cncn1. The maximum absolute atomic E-state index is 13.1. The van der Waals surface area contributed by atoms with E-state index >= 15 is 0 Å². The fourth-order valence-electron chi connectivity index (χ4n) is 2.35. The Bertz CT molecular complexity index is 992. The van der Waals surface area contributed by atoms with E-state index in [1.165, 1.54) is 29.5 Å². The van der Waals surface area contributed by atoms with Gasteiger partial charge < -0.3 is 10.6 Å². The van der Waals surface area contributed by atoms with Crippen molar-refractivity contribution < 1.29 is 22.4 Å². The van der Waals surface area contributed by atoms with Gasteiger partial charge in [-0.15, -0.1) is 0 Å². The third-order valence-corrected chi connectivity index (χ3v) is 3.95. The maximum Gasteiger partial charge on any atom is 0.416 e. The standard InChI is InChI=1S/C17H12ClF4N5O/c18-12-6-11(19)2-3-13(12)24-7-16(28)26-14-5-10(17(20,21)22)1-4-15(14)27-9-23-8-25-27/h1-6,8-9,24H,7H2,(H,26,28). The van der Waals surface area contributed by atoms with Gasteiger partial charge >= 0.3 is 6.18 Å². The van der Waals surface area contributed by atoms with Gasteiger partial charge in [0.1, 0.15) is 18.5 Å². The number of alkyl halides is 3. The van der Waals surface area contributed by atoms with Crippen molar-refractivity contribution in [3.8, 4) is 5.69 Å². The molecule has 28 heavy (non-hydrogen) atoms. The largest absolute Gasteiger partial charge is 0.416 e. The van der Waals surface area contributed by atoms with Gasteiger partial charge in [0.15, 0.2) is 0 Å². The van der Waals surface area contributed by atoms with Crippen LogP contribution in [0.5, 0.6) is 0 Å². The molecular weight excluding hydrogens is 402 g/mol. The number of hydrogen-bond donors (Lipinski definition) is 2. The average molecular weight is 414 g/mol. The second-order valence-corrected chi connectivity index (χ2v) is 6.00. The van der Waals surface area contributed by atoms with Crippen molar-refractivity contribution in [1.29, 1.82) is 0 Å². The monoisotopic (exact) mass is 413 g/mol. The van der Waals surface area contributed by atoms with Crippen molar-refractivity contribution in [2.45, 2.75) is 6.18 Å². The number of amides is 1. The molecule has 0 saturated carbocycles. The van der Waals surface area contributed by atoms with Crippen LogP contribution in [-0.4, -0.2) is 27.2 Å². The molecule has 3 aromatic rings. The zero-order chi connectivity index (χ0) is 20.3. The molecule has 146 valence electrons. The molecule has 0 spiro atoms. The number of anilines is 2. The van der Waals surface area contributed by atoms with Crippen molar-refractivity contribution in [1.82, 2.24) is 14.8 Å². The normalized spacial score (nSPS) is 11.3. The summed E-state index contributed by atoms with van der Waals surface area (Å²) in [7, 11) is 0. The van der Waals surface area contributed by atoms with Crippen LogP contribution in [-0.2, 0) is 11.0 Å². The van der Waals surface area contributed by atoms with Gasteiger partial charge in [-0.25, -0.2) is 14.1 Å². The van der Waals surface area contributed by atoms with Crippen molar-refractivity contribution >= 4 is 28.9 Å². The number of rotatable bonds is 5. The Labute approximate surface area is 161 Å². The third kappa shape index (κ3) is 4.58. The molecule has 0 saturated heterocycles. The van der Waals surface area contributed by atoms with E-state index in [-0.39, 0.29) is 22.9 Å². The molecule has 2 N–H and O–H groups in total. The number of halogens is 5. The van der Waals surface area contributed by atoms with Crippen LogP contribution in [0, 0.1) is 5.82 Å². The van der Waals surface area contributed by atoms with Gasteiger partial charge in [-0.3, -0.25) is 4.79 Å². The lowest BCUT2D eigenvalue weighted by Crippen LogP contribution is -2.23. The van der Waals surface area contributed by atoms with Crippen LogP contribution >= 0.6 is 11.6 Å². The summed E-state index contributed by atoms with van der Waals surface area (Å²) in [5.41, 5.74) is -0.518. The second-order valence-electron chi connectivity index (χ2n) is 5.60. The van der Waals surface area contributed by atoms with E-state index in [1.807, 2.05) is 0 Å². The Morgan fingerprint density at radius 1 is 1.14 bits per heavy atom. The number of nitrogens with one attached hydrogen (secondary N) is 2. The second kappa shape index (κ2) is 7.85. The smallest absolute Gasteiger partial charge is 0.375 e. The third-order valence-electron chi connectivity index (χ3n) is 3.63. The molecule has 0 aliphatic heterocycles. The summed E-state index contributed by atoms with van der Waals surface area (Å²) in [5, 5.41) is 9.03. The van der Waals surface area contributed by atoms with Gasteiger partial charge in [0, 0.05) is 0 Å². The fourth-order valence-corrected chi connectivity index (χ4v) is 2.58. The van der Waals surface area contributed by atoms with Crippen LogP contribution in [0.15, 0.2) is 49.1 Å². The minimum absolute atomic E-state index is 0.0650. The Morgan fingerprint density at radius 2 is 1.93 bits per heavy atom. The first kappa shape index (κ1) is 19.6. The molecule has 0 bridgehead atoms. The quantitative estimate of drug-likeness (QED) is 0.617. The topological polar surface area (TPSA) is 71.8 Å². The van der Waals surface area contributed by atoms with Crippen molar-refractivity contribution in [2.24, 2.45) is 0 Å². The van der Waals surface area contributed by atoms with Crippen molar-refractivity contribution in [3.63, 3.8) is 0 Å². The van der Waals surface area contributed by atoms with E-state index in [0.29, 0.717) is 5.69 Å². The Kier molecular flexibility index (Phi) is 5.50. The molecule has 0 aliphatic rings. The molecule has 2 aromatic carbocycles. The minimum atomic E-state index is -4.58. The zero-order valence-corrected chi connectivity index (χ0v) is 14.7. The van der Waals surface area contributed by atoms with Crippen LogP contribution in [0.3, 0.4) is 0 Å². The fraction of sp³-hybridized carbons (Fsp3) is 0.118. The number of nitrogens with zero attached hydrogens (tertiary/aromatic N) is 3. The molecule has 0 atom stereocenters. The lowest BCUT2D eigenvalue weighted by atomic mass is 10.1. The number of carbonyl (C=O) groups excluding carboxylic acids is 1. The molecule has 1 aromatic heterocycles. The van der Waals surface area contributed by atoms with Gasteiger partial charge in [0.05, 0.1) is 34.2 Å². The molecule has 1 heterocycles. The summed E-state index contributed by atoms with van der Waals surface area (Å²) >= 11 is 5.86. The predicted octanol–water partition coefficient (Wildman–Crippen LogP) is 4.13. The van der Waals surface area contributed by atoms with Crippen molar-refractivity contribution in [3.05, 3.63) is 65.5 Å². The highest BCUT2D eigenvalue weighted by Crippen LogP contribution is 2.33. The summed E-state index contributed by atoms with van der Waals surface area (Å²) in [6.45, 7) is -0.307. The van der Waals surface area contributed by atoms with Gasteiger partial charge in [0.2, 0.25) is 5.91 Å². The highest BCUT2D eigenvalue weighted by Gasteiger charge is 2.31. The average Bonchev–Trinajstić information content (AvgIpc) is 3.14. The molecule has 0 aliphatic carbocycles. The number of carbonyl (C=O) groups is 1. The summed E-state index contributed by atoms with van der Waals surface area (Å²) in [6, 6.07) is 6.43. The zero-order valence-electron chi connectivity index (χ0n) is 14.0.